The number of morpholine rings is 1. The summed E-state index contributed by atoms with van der Waals surface area (Å²) in [6.07, 6.45) is 6.12. The minimum Gasteiger partial charge on any atom is -0.385 e. The second-order valence-electron chi connectivity index (χ2n) is 8.48. The molecule has 1 heterocycles. The number of hydrogen-bond donors (Lipinski definition) is 2. The minimum atomic E-state index is -0.199. The molecule has 2 aliphatic rings. The summed E-state index contributed by atoms with van der Waals surface area (Å²) >= 11 is 0. The molecule has 3 rings (SSSR count). The van der Waals surface area contributed by atoms with E-state index in [0.29, 0.717) is 25.2 Å². The zero-order chi connectivity index (χ0) is 21.2. The molecule has 0 aromatic heterocycles. The molecule has 1 unspecified atom stereocenters. The number of hydrogen-bond acceptors (Lipinski definition) is 4. The van der Waals surface area contributed by atoms with Crippen molar-refractivity contribution in [2.24, 2.45) is 10.4 Å². The lowest BCUT2D eigenvalue weighted by atomic mass is 9.83. The maximum Gasteiger partial charge on any atom is 0.191 e. The molecule has 0 spiro atoms. The summed E-state index contributed by atoms with van der Waals surface area (Å²) in [6.45, 7) is 5.46. The molecule has 1 aromatic carbocycles. The van der Waals surface area contributed by atoms with Crippen LogP contribution in [0.4, 0.5) is 4.39 Å². The lowest BCUT2D eigenvalue weighted by Gasteiger charge is -2.35. The Labute approximate surface area is 203 Å². The van der Waals surface area contributed by atoms with Crippen molar-refractivity contribution in [3.8, 4) is 0 Å². The fourth-order valence-electron chi connectivity index (χ4n) is 4.70. The van der Waals surface area contributed by atoms with Crippen LogP contribution in [0.5, 0.6) is 0 Å². The van der Waals surface area contributed by atoms with E-state index in [4.69, 9.17) is 9.47 Å². The van der Waals surface area contributed by atoms with Crippen molar-refractivity contribution < 1.29 is 13.9 Å². The predicted octanol–water partition coefficient (Wildman–Crippen LogP) is 3.58. The summed E-state index contributed by atoms with van der Waals surface area (Å²) in [7, 11) is 3.58. The number of aliphatic imine (C=N–C) groups is 1. The first-order chi connectivity index (χ1) is 14.7. The quantitative estimate of drug-likeness (QED) is 0.281. The van der Waals surface area contributed by atoms with Gasteiger partial charge in [0, 0.05) is 46.9 Å². The molecule has 0 radical (unpaired) electrons. The van der Waals surface area contributed by atoms with Crippen LogP contribution in [0, 0.1) is 11.2 Å². The Hall–Kier alpha value is -0.970. The average molecular weight is 548 g/mol. The zero-order valence-corrected chi connectivity index (χ0v) is 21.2. The lowest BCUT2D eigenvalue weighted by Crippen LogP contribution is -2.48. The van der Waals surface area contributed by atoms with Crippen molar-refractivity contribution in [3.05, 3.63) is 35.6 Å². The summed E-state index contributed by atoms with van der Waals surface area (Å²) in [6, 6.07) is 6.98. The highest BCUT2D eigenvalue weighted by Gasteiger charge is 2.33. The average Bonchev–Trinajstić information content (AvgIpc) is 3.24. The Bertz CT molecular complexity index is 679. The van der Waals surface area contributed by atoms with E-state index in [1.165, 1.54) is 31.7 Å². The number of methoxy groups -OCH3 is 1. The first-order valence-corrected chi connectivity index (χ1v) is 11.2. The number of nitrogens with one attached hydrogen (secondary N) is 2. The smallest absolute Gasteiger partial charge is 0.191 e. The minimum absolute atomic E-state index is 0. The van der Waals surface area contributed by atoms with Gasteiger partial charge in [0.05, 0.1) is 19.3 Å². The van der Waals surface area contributed by atoms with Gasteiger partial charge in [-0.05, 0) is 42.4 Å². The van der Waals surface area contributed by atoms with Crippen LogP contribution in [0.15, 0.2) is 29.3 Å². The number of rotatable bonds is 9. The van der Waals surface area contributed by atoms with E-state index in [0.717, 1.165) is 44.2 Å². The molecule has 1 atom stereocenters. The van der Waals surface area contributed by atoms with Gasteiger partial charge in [-0.1, -0.05) is 25.0 Å². The monoisotopic (exact) mass is 548 g/mol. The van der Waals surface area contributed by atoms with Gasteiger partial charge in [0.25, 0.3) is 0 Å². The largest absolute Gasteiger partial charge is 0.385 e. The van der Waals surface area contributed by atoms with Crippen molar-refractivity contribution in [1.82, 2.24) is 15.5 Å². The van der Waals surface area contributed by atoms with Gasteiger partial charge in [0.15, 0.2) is 5.96 Å². The van der Waals surface area contributed by atoms with E-state index < -0.39 is 0 Å². The molecule has 31 heavy (non-hydrogen) atoms. The highest BCUT2D eigenvalue weighted by molar-refractivity contribution is 14.0. The van der Waals surface area contributed by atoms with Gasteiger partial charge in [-0.25, -0.2) is 4.39 Å². The van der Waals surface area contributed by atoms with Crippen LogP contribution in [0.25, 0.3) is 0 Å². The molecule has 1 aromatic rings. The predicted molar refractivity (Wildman–Crippen MR) is 134 cm³/mol. The van der Waals surface area contributed by atoms with Gasteiger partial charge >= 0.3 is 0 Å². The van der Waals surface area contributed by atoms with Crippen LogP contribution in [-0.4, -0.2) is 71.0 Å². The molecule has 1 aliphatic carbocycles. The van der Waals surface area contributed by atoms with Crippen molar-refractivity contribution in [3.63, 3.8) is 0 Å². The molecule has 1 saturated carbocycles. The van der Waals surface area contributed by atoms with Crippen LogP contribution >= 0.6 is 24.0 Å². The first-order valence-electron chi connectivity index (χ1n) is 11.2. The SMILES string of the molecule is CN=C(NCC(c1cccc(F)c1)N1CCOCC1)NCC1(CCOC)CCCC1.I. The van der Waals surface area contributed by atoms with E-state index >= 15 is 0 Å². The molecule has 176 valence electrons. The van der Waals surface area contributed by atoms with Crippen molar-refractivity contribution in [2.75, 3.05) is 60.2 Å². The lowest BCUT2D eigenvalue weighted by molar-refractivity contribution is 0.0169. The van der Waals surface area contributed by atoms with Crippen molar-refractivity contribution >= 4 is 29.9 Å². The summed E-state index contributed by atoms with van der Waals surface area (Å²) in [5.41, 5.74) is 1.27. The first kappa shape index (κ1) is 26.3. The van der Waals surface area contributed by atoms with Gasteiger partial charge in [0.2, 0.25) is 0 Å². The molecule has 0 bridgehead atoms. The number of nitrogens with zero attached hydrogens (tertiary/aromatic N) is 2. The van der Waals surface area contributed by atoms with Crippen molar-refractivity contribution in [1.29, 1.82) is 0 Å². The third kappa shape index (κ3) is 7.83. The van der Waals surface area contributed by atoms with E-state index in [2.05, 4.69) is 20.5 Å². The molecule has 0 amide bonds. The van der Waals surface area contributed by atoms with Crippen molar-refractivity contribution in [2.45, 2.75) is 38.1 Å². The van der Waals surface area contributed by atoms with Gasteiger partial charge < -0.3 is 20.1 Å². The highest BCUT2D eigenvalue weighted by atomic mass is 127. The van der Waals surface area contributed by atoms with Crippen LogP contribution in [0.1, 0.15) is 43.7 Å². The molecular formula is C23H38FIN4O2. The fourth-order valence-corrected chi connectivity index (χ4v) is 4.70. The Morgan fingerprint density at radius 1 is 1.26 bits per heavy atom. The van der Waals surface area contributed by atoms with Gasteiger partial charge in [-0.2, -0.15) is 0 Å². The molecule has 6 nitrogen and oxygen atoms in total. The summed E-state index contributed by atoms with van der Waals surface area (Å²) in [5, 5.41) is 7.03. The van der Waals surface area contributed by atoms with E-state index in [-0.39, 0.29) is 35.8 Å². The molecule has 1 saturated heterocycles. The number of halogens is 2. The third-order valence-electron chi connectivity index (χ3n) is 6.54. The highest BCUT2D eigenvalue weighted by Crippen LogP contribution is 2.40. The molecule has 1 aliphatic heterocycles. The second kappa shape index (κ2) is 13.5. The normalized spacial score (nSPS) is 20.2. The Balaban J connectivity index is 0.00000341. The molecule has 2 N–H and O–H groups in total. The summed E-state index contributed by atoms with van der Waals surface area (Å²) in [5.74, 6) is 0.600. The molecular weight excluding hydrogens is 510 g/mol. The third-order valence-corrected chi connectivity index (χ3v) is 6.54. The Kier molecular flexibility index (Phi) is 11.5. The Morgan fingerprint density at radius 3 is 2.65 bits per heavy atom. The summed E-state index contributed by atoms with van der Waals surface area (Å²) in [4.78, 5) is 6.79. The number of benzene rings is 1. The van der Waals surface area contributed by atoms with Crippen LogP contribution < -0.4 is 10.6 Å². The van der Waals surface area contributed by atoms with E-state index in [1.807, 2.05) is 6.07 Å². The molecule has 8 heteroatoms. The zero-order valence-electron chi connectivity index (χ0n) is 18.9. The van der Waals surface area contributed by atoms with Crippen LogP contribution in [0.3, 0.4) is 0 Å². The Morgan fingerprint density at radius 2 is 2.00 bits per heavy atom. The second-order valence-corrected chi connectivity index (χ2v) is 8.48. The van der Waals surface area contributed by atoms with E-state index in [9.17, 15) is 4.39 Å². The standard InChI is InChI=1S/C23H37FN4O2.HI/c1-25-22(27-18-23(10-13-29-2)8-3-4-9-23)26-17-21(28-11-14-30-15-12-28)19-6-5-7-20(24)16-19;/h5-7,16,21H,3-4,8-15,17-18H2,1-2H3,(H2,25,26,27);1H. The number of ether oxygens (including phenoxy) is 2. The van der Waals surface area contributed by atoms with Gasteiger partial charge in [0.1, 0.15) is 5.82 Å². The van der Waals surface area contributed by atoms with Crippen LogP contribution in [0.2, 0.25) is 0 Å². The number of guanidine groups is 1. The van der Waals surface area contributed by atoms with E-state index in [1.54, 1.807) is 26.3 Å². The fraction of sp³-hybridized carbons (Fsp3) is 0.696. The van der Waals surface area contributed by atoms with Crippen LogP contribution in [-0.2, 0) is 9.47 Å². The van der Waals surface area contributed by atoms with Gasteiger partial charge in [-0.15, -0.1) is 24.0 Å². The summed E-state index contributed by atoms with van der Waals surface area (Å²) < 4.78 is 24.7. The van der Waals surface area contributed by atoms with Gasteiger partial charge in [-0.3, -0.25) is 9.89 Å². The molecule has 2 fully saturated rings. The topological polar surface area (TPSA) is 58.1 Å². The maximum absolute atomic E-state index is 13.9. The maximum atomic E-state index is 13.9.